The molecule has 0 aliphatic carbocycles. The molecule has 1 rings (SSSR count). The second-order valence-corrected chi connectivity index (χ2v) is 7.19. The molecule has 152 valence electrons. The summed E-state index contributed by atoms with van der Waals surface area (Å²) in [5, 5.41) is 9.12. The standard InChI is InChI=1S/C20H34N4O3/c1-6-21-19(23-15-18(25)24-20(2,3)4)22-14-16-9-7-10-17(13-16)27-12-8-11-26-5/h7,9-10,13H,6,8,11-12,14-15H2,1-5H3,(H,24,25)(H2,21,22,23). The number of hydrogen-bond acceptors (Lipinski definition) is 4. The first-order valence-corrected chi connectivity index (χ1v) is 9.38. The van der Waals surface area contributed by atoms with Crippen LogP contribution >= 0.6 is 0 Å². The minimum absolute atomic E-state index is 0.0699. The Bertz CT molecular complexity index is 597. The van der Waals surface area contributed by atoms with E-state index < -0.39 is 0 Å². The molecule has 0 aliphatic rings. The van der Waals surface area contributed by atoms with Gasteiger partial charge in [0.2, 0.25) is 5.91 Å². The summed E-state index contributed by atoms with van der Waals surface area (Å²) in [5.41, 5.74) is 0.786. The van der Waals surface area contributed by atoms with Gasteiger partial charge >= 0.3 is 0 Å². The lowest BCUT2D eigenvalue weighted by Gasteiger charge is -2.21. The number of nitrogens with one attached hydrogen (secondary N) is 3. The SMILES string of the molecule is CCNC(=NCc1cccc(OCCCOC)c1)NCC(=O)NC(C)(C)C. The van der Waals surface area contributed by atoms with E-state index in [1.165, 1.54) is 0 Å². The van der Waals surface area contributed by atoms with Crippen LogP contribution in [0.2, 0.25) is 0 Å². The number of ether oxygens (including phenoxy) is 2. The predicted molar refractivity (Wildman–Crippen MR) is 109 cm³/mol. The Morgan fingerprint density at radius 3 is 2.63 bits per heavy atom. The summed E-state index contributed by atoms with van der Waals surface area (Å²) in [6, 6.07) is 7.86. The van der Waals surface area contributed by atoms with Crippen molar-refractivity contribution >= 4 is 11.9 Å². The average molecular weight is 379 g/mol. The first-order valence-electron chi connectivity index (χ1n) is 9.38. The summed E-state index contributed by atoms with van der Waals surface area (Å²) in [5.74, 6) is 1.36. The molecule has 0 unspecified atom stereocenters. The molecule has 1 amide bonds. The molecular formula is C20H34N4O3. The van der Waals surface area contributed by atoms with Gasteiger partial charge in [-0.3, -0.25) is 4.79 Å². The zero-order chi connectivity index (χ0) is 20.1. The molecule has 0 radical (unpaired) electrons. The molecule has 1 aromatic rings. The molecule has 0 saturated carbocycles. The van der Waals surface area contributed by atoms with Gasteiger partial charge in [0.25, 0.3) is 0 Å². The van der Waals surface area contributed by atoms with Crippen LogP contribution in [0.15, 0.2) is 29.3 Å². The molecule has 0 aliphatic heterocycles. The first kappa shape index (κ1) is 22.8. The van der Waals surface area contributed by atoms with Crippen LogP contribution in [0.5, 0.6) is 5.75 Å². The number of rotatable bonds is 10. The van der Waals surface area contributed by atoms with Gasteiger partial charge in [-0.05, 0) is 45.4 Å². The van der Waals surface area contributed by atoms with Gasteiger partial charge in [0.15, 0.2) is 5.96 Å². The molecule has 0 aromatic heterocycles. The lowest BCUT2D eigenvalue weighted by atomic mass is 10.1. The number of amides is 1. The zero-order valence-corrected chi connectivity index (χ0v) is 17.2. The van der Waals surface area contributed by atoms with Crippen LogP contribution in [0, 0.1) is 0 Å². The van der Waals surface area contributed by atoms with Crippen molar-refractivity contribution in [2.75, 3.05) is 33.4 Å². The number of benzene rings is 1. The van der Waals surface area contributed by atoms with Gasteiger partial charge in [-0.25, -0.2) is 4.99 Å². The highest BCUT2D eigenvalue weighted by atomic mass is 16.5. The van der Waals surface area contributed by atoms with E-state index in [1.54, 1.807) is 7.11 Å². The van der Waals surface area contributed by atoms with Crippen molar-refractivity contribution in [3.05, 3.63) is 29.8 Å². The number of nitrogens with zero attached hydrogens (tertiary/aromatic N) is 1. The highest BCUT2D eigenvalue weighted by Crippen LogP contribution is 2.14. The molecule has 0 heterocycles. The monoisotopic (exact) mass is 378 g/mol. The van der Waals surface area contributed by atoms with E-state index in [-0.39, 0.29) is 18.0 Å². The maximum atomic E-state index is 12.0. The smallest absolute Gasteiger partial charge is 0.239 e. The lowest BCUT2D eigenvalue weighted by molar-refractivity contribution is -0.121. The van der Waals surface area contributed by atoms with Gasteiger partial charge in [-0.15, -0.1) is 0 Å². The van der Waals surface area contributed by atoms with Crippen LogP contribution in [0.4, 0.5) is 0 Å². The topological polar surface area (TPSA) is 84.0 Å². The number of carbonyl (C=O) groups excluding carboxylic acids is 1. The van der Waals surface area contributed by atoms with Gasteiger partial charge in [0.1, 0.15) is 5.75 Å². The fraction of sp³-hybridized carbons (Fsp3) is 0.600. The second kappa shape index (κ2) is 12.2. The Balaban J connectivity index is 2.57. The summed E-state index contributed by atoms with van der Waals surface area (Å²) in [6.07, 6.45) is 0.851. The Morgan fingerprint density at radius 2 is 1.96 bits per heavy atom. The van der Waals surface area contributed by atoms with E-state index in [1.807, 2.05) is 52.0 Å². The molecule has 7 heteroatoms. The molecule has 0 bridgehead atoms. The molecule has 0 fully saturated rings. The van der Waals surface area contributed by atoms with Crippen molar-refractivity contribution < 1.29 is 14.3 Å². The molecule has 27 heavy (non-hydrogen) atoms. The van der Waals surface area contributed by atoms with E-state index in [0.29, 0.717) is 25.7 Å². The number of carbonyl (C=O) groups is 1. The van der Waals surface area contributed by atoms with Crippen LogP contribution in [0.1, 0.15) is 39.7 Å². The third-order valence-corrected chi connectivity index (χ3v) is 3.35. The quantitative estimate of drug-likeness (QED) is 0.330. The summed E-state index contributed by atoms with van der Waals surface area (Å²) in [7, 11) is 1.68. The Morgan fingerprint density at radius 1 is 1.19 bits per heavy atom. The van der Waals surface area contributed by atoms with E-state index in [4.69, 9.17) is 9.47 Å². The molecule has 0 saturated heterocycles. The molecule has 3 N–H and O–H groups in total. The van der Waals surface area contributed by atoms with E-state index in [9.17, 15) is 4.79 Å². The first-order chi connectivity index (χ1) is 12.8. The predicted octanol–water partition coefficient (Wildman–Crippen LogP) is 2.07. The maximum Gasteiger partial charge on any atom is 0.239 e. The largest absolute Gasteiger partial charge is 0.493 e. The van der Waals surface area contributed by atoms with Gasteiger partial charge < -0.3 is 25.4 Å². The van der Waals surface area contributed by atoms with Crippen molar-refractivity contribution in [3.8, 4) is 5.75 Å². The van der Waals surface area contributed by atoms with Crippen LogP contribution in [-0.2, 0) is 16.1 Å². The van der Waals surface area contributed by atoms with Crippen molar-refractivity contribution in [2.24, 2.45) is 4.99 Å². The van der Waals surface area contributed by atoms with Crippen LogP contribution in [0.3, 0.4) is 0 Å². The van der Waals surface area contributed by atoms with Crippen LogP contribution < -0.4 is 20.7 Å². The number of guanidine groups is 1. The number of methoxy groups -OCH3 is 1. The van der Waals surface area contributed by atoms with Gasteiger partial charge in [0, 0.05) is 32.2 Å². The highest BCUT2D eigenvalue weighted by Gasteiger charge is 2.13. The number of hydrogen-bond donors (Lipinski definition) is 3. The van der Waals surface area contributed by atoms with E-state index in [2.05, 4.69) is 20.9 Å². The molecule has 0 spiro atoms. The minimum Gasteiger partial charge on any atom is -0.493 e. The van der Waals surface area contributed by atoms with Crippen LogP contribution in [0.25, 0.3) is 0 Å². The summed E-state index contributed by atoms with van der Waals surface area (Å²) in [6.45, 7) is 10.5. The third kappa shape index (κ3) is 11.1. The van der Waals surface area contributed by atoms with Gasteiger partial charge in [-0.2, -0.15) is 0 Å². The fourth-order valence-electron chi connectivity index (χ4n) is 2.27. The van der Waals surface area contributed by atoms with Gasteiger partial charge in [-0.1, -0.05) is 12.1 Å². The lowest BCUT2D eigenvalue weighted by Crippen LogP contribution is -2.48. The van der Waals surface area contributed by atoms with Gasteiger partial charge in [0.05, 0.1) is 19.7 Å². The minimum atomic E-state index is -0.252. The second-order valence-electron chi connectivity index (χ2n) is 7.19. The molecule has 0 atom stereocenters. The summed E-state index contributed by atoms with van der Waals surface area (Å²) in [4.78, 5) is 16.5. The maximum absolute atomic E-state index is 12.0. The Labute approximate surface area is 162 Å². The van der Waals surface area contributed by atoms with Crippen molar-refractivity contribution in [3.63, 3.8) is 0 Å². The van der Waals surface area contributed by atoms with E-state index in [0.717, 1.165) is 24.3 Å². The summed E-state index contributed by atoms with van der Waals surface area (Å²) < 4.78 is 10.7. The highest BCUT2D eigenvalue weighted by molar-refractivity contribution is 5.86. The molecule has 1 aromatic carbocycles. The Kier molecular flexibility index (Phi) is 10.3. The van der Waals surface area contributed by atoms with E-state index >= 15 is 0 Å². The Hall–Kier alpha value is -2.28. The number of aliphatic imine (C=N–C) groups is 1. The summed E-state index contributed by atoms with van der Waals surface area (Å²) >= 11 is 0. The molecule has 7 nitrogen and oxygen atoms in total. The van der Waals surface area contributed by atoms with Crippen molar-refractivity contribution in [2.45, 2.75) is 46.2 Å². The average Bonchev–Trinajstić information content (AvgIpc) is 2.60. The normalized spacial score (nSPS) is 11.8. The van der Waals surface area contributed by atoms with Crippen molar-refractivity contribution in [1.82, 2.24) is 16.0 Å². The van der Waals surface area contributed by atoms with Crippen LogP contribution in [-0.4, -0.2) is 50.8 Å². The molecular weight excluding hydrogens is 344 g/mol. The zero-order valence-electron chi connectivity index (χ0n) is 17.2. The van der Waals surface area contributed by atoms with Crippen molar-refractivity contribution in [1.29, 1.82) is 0 Å². The fourth-order valence-corrected chi connectivity index (χ4v) is 2.27. The third-order valence-electron chi connectivity index (χ3n) is 3.35.